The SMILES string of the molecule is CCS1(CC)C=Cc2nc(NC(=O)c3ccccc3)c(C)c(NCCCN3CCCCC3)c21. The van der Waals surface area contributed by atoms with Crippen LogP contribution in [0.25, 0.3) is 6.08 Å². The van der Waals surface area contributed by atoms with Crippen LogP contribution >= 0.6 is 10.0 Å². The Morgan fingerprint density at radius 1 is 1.09 bits per heavy atom. The summed E-state index contributed by atoms with van der Waals surface area (Å²) in [6.07, 6.45) is 7.34. The number of hydrogen-bond acceptors (Lipinski definition) is 4. The van der Waals surface area contributed by atoms with Gasteiger partial charge in [-0.15, -0.1) is 0 Å². The number of anilines is 2. The smallest absolute Gasteiger partial charge is 0.256 e. The Morgan fingerprint density at radius 2 is 1.82 bits per heavy atom. The van der Waals surface area contributed by atoms with Crippen LogP contribution in [0.4, 0.5) is 11.5 Å². The number of pyridine rings is 1. The molecule has 2 N–H and O–H groups in total. The van der Waals surface area contributed by atoms with Gasteiger partial charge in [0, 0.05) is 22.6 Å². The molecule has 2 aromatic rings. The molecule has 2 aliphatic heterocycles. The number of fused-ring (bicyclic) bond motifs is 1. The molecule has 0 radical (unpaired) electrons. The first-order valence-corrected chi connectivity index (χ1v) is 14.5. The number of carbonyl (C=O) groups is 1. The van der Waals surface area contributed by atoms with E-state index in [1.807, 2.05) is 30.3 Å². The van der Waals surface area contributed by atoms with Gasteiger partial charge in [0.1, 0.15) is 5.82 Å². The van der Waals surface area contributed by atoms with Gasteiger partial charge in [0.25, 0.3) is 5.91 Å². The maximum Gasteiger partial charge on any atom is 0.256 e. The van der Waals surface area contributed by atoms with Crippen molar-refractivity contribution in [3.8, 4) is 0 Å². The first-order valence-electron chi connectivity index (χ1n) is 12.4. The second kappa shape index (κ2) is 10.7. The summed E-state index contributed by atoms with van der Waals surface area (Å²) in [6.45, 7) is 11.2. The number of aromatic nitrogens is 1. The molecule has 0 unspecified atom stereocenters. The lowest BCUT2D eigenvalue weighted by molar-refractivity contribution is 0.102. The topological polar surface area (TPSA) is 57.3 Å². The molecule has 1 aromatic carbocycles. The highest BCUT2D eigenvalue weighted by Crippen LogP contribution is 2.65. The van der Waals surface area contributed by atoms with Crippen molar-refractivity contribution < 1.29 is 4.79 Å². The highest BCUT2D eigenvalue weighted by molar-refractivity contribution is 8.36. The molecule has 6 heteroatoms. The van der Waals surface area contributed by atoms with Crippen LogP contribution in [-0.2, 0) is 0 Å². The van der Waals surface area contributed by atoms with E-state index < -0.39 is 10.0 Å². The summed E-state index contributed by atoms with van der Waals surface area (Å²) in [5, 5.41) is 9.27. The first-order chi connectivity index (χ1) is 16.1. The molecule has 0 saturated carbocycles. The van der Waals surface area contributed by atoms with Gasteiger partial charge in [-0.3, -0.25) is 4.79 Å². The Bertz CT molecular complexity index is 995. The van der Waals surface area contributed by atoms with Crippen molar-refractivity contribution in [2.45, 2.75) is 51.3 Å². The fourth-order valence-corrected chi connectivity index (χ4v) is 8.01. The second-order valence-corrected chi connectivity index (χ2v) is 12.7. The van der Waals surface area contributed by atoms with Crippen LogP contribution in [0.1, 0.15) is 61.1 Å². The molecule has 1 saturated heterocycles. The zero-order valence-electron chi connectivity index (χ0n) is 20.3. The highest BCUT2D eigenvalue weighted by atomic mass is 32.3. The van der Waals surface area contributed by atoms with E-state index in [1.54, 1.807) is 0 Å². The molecule has 1 aromatic heterocycles. The molecular weight excluding hydrogens is 428 g/mol. The lowest BCUT2D eigenvalue weighted by Gasteiger charge is -2.35. The van der Waals surface area contributed by atoms with Gasteiger partial charge in [-0.05, 0) is 80.9 Å². The fraction of sp³-hybridized carbons (Fsp3) is 0.481. The van der Waals surface area contributed by atoms with E-state index in [9.17, 15) is 4.79 Å². The van der Waals surface area contributed by atoms with Crippen LogP contribution in [0.2, 0.25) is 0 Å². The molecule has 3 heterocycles. The summed E-state index contributed by atoms with van der Waals surface area (Å²) in [5.74, 6) is 2.78. The summed E-state index contributed by atoms with van der Waals surface area (Å²) >= 11 is 0. The van der Waals surface area contributed by atoms with E-state index in [4.69, 9.17) is 4.98 Å². The molecule has 33 heavy (non-hydrogen) atoms. The van der Waals surface area contributed by atoms with E-state index in [2.05, 4.69) is 47.8 Å². The van der Waals surface area contributed by atoms with Crippen molar-refractivity contribution in [2.75, 3.05) is 48.3 Å². The number of carbonyl (C=O) groups excluding carboxylic acids is 1. The van der Waals surface area contributed by atoms with Gasteiger partial charge in [0.05, 0.1) is 11.4 Å². The molecule has 2 aliphatic rings. The number of amides is 1. The molecule has 4 rings (SSSR count). The molecule has 5 nitrogen and oxygen atoms in total. The predicted octanol–water partition coefficient (Wildman–Crippen LogP) is 6.12. The van der Waals surface area contributed by atoms with Crippen molar-refractivity contribution in [1.82, 2.24) is 9.88 Å². The third-order valence-corrected chi connectivity index (χ3v) is 11.0. The first kappa shape index (κ1) is 23.8. The van der Waals surface area contributed by atoms with Crippen LogP contribution in [0.3, 0.4) is 0 Å². The van der Waals surface area contributed by atoms with Crippen molar-refractivity contribution in [3.05, 3.63) is 52.6 Å². The number of nitrogens with one attached hydrogen (secondary N) is 2. The van der Waals surface area contributed by atoms with Crippen molar-refractivity contribution in [3.63, 3.8) is 0 Å². The van der Waals surface area contributed by atoms with Gasteiger partial charge in [-0.25, -0.2) is 4.98 Å². The van der Waals surface area contributed by atoms with E-state index in [0.717, 1.165) is 42.3 Å². The van der Waals surface area contributed by atoms with Gasteiger partial charge in [-0.2, -0.15) is 10.0 Å². The lowest BCUT2D eigenvalue weighted by Crippen LogP contribution is -2.31. The normalized spacial score (nSPS) is 18.0. The summed E-state index contributed by atoms with van der Waals surface area (Å²) in [7, 11) is -1.03. The molecule has 1 amide bonds. The third kappa shape index (κ3) is 5.12. The third-order valence-electron chi connectivity index (χ3n) is 7.01. The average Bonchev–Trinajstić information content (AvgIpc) is 3.23. The fourth-order valence-electron chi connectivity index (χ4n) is 4.95. The zero-order valence-corrected chi connectivity index (χ0v) is 21.1. The molecule has 1 fully saturated rings. The number of piperidine rings is 1. The van der Waals surface area contributed by atoms with Crippen molar-refractivity contribution in [1.29, 1.82) is 0 Å². The van der Waals surface area contributed by atoms with E-state index >= 15 is 0 Å². The summed E-state index contributed by atoms with van der Waals surface area (Å²) in [4.78, 5) is 21.8. The minimum atomic E-state index is -1.03. The van der Waals surface area contributed by atoms with E-state index in [1.165, 1.54) is 42.9 Å². The van der Waals surface area contributed by atoms with Crippen LogP contribution in [0.5, 0.6) is 0 Å². The summed E-state index contributed by atoms with van der Waals surface area (Å²) < 4.78 is 0. The monoisotopic (exact) mass is 466 g/mol. The molecule has 178 valence electrons. The van der Waals surface area contributed by atoms with Crippen LogP contribution in [0.15, 0.2) is 40.6 Å². The summed E-state index contributed by atoms with van der Waals surface area (Å²) in [5.41, 5.74) is 3.89. The van der Waals surface area contributed by atoms with Crippen molar-refractivity contribution in [2.24, 2.45) is 0 Å². The second-order valence-electron chi connectivity index (χ2n) is 9.00. The van der Waals surface area contributed by atoms with Crippen molar-refractivity contribution >= 4 is 33.5 Å². The average molecular weight is 467 g/mol. The Kier molecular flexibility index (Phi) is 7.76. The minimum Gasteiger partial charge on any atom is -0.384 e. The van der Waals surface area contributed by atoms with E-state index in [0.29, 0.717) is 11.4 Å². The van der Waals surface area contributed by atoms with Crippen LogP contribution < -0.4 is 10.6 Å². The number of rotatable bonds is 9. The molecule has 0 aliphatic carbocycles. The quantitative estimate of drug-likeness (QED) is 0.437. The predicted molar refractivity (Wildman–Crippen MR) is 143 cm³/mol. The Morgan fingerprint density at radius 3 is 2.52 bits per heavy atom. The minimum absolute atomic E-state index is 0.117. The van der Waals surface area contributed by atoms with Crippen LogP contribution in [0, 0.1) is 6.92 Å². The number of likely N-dealkylation sites (tertiary alicyclic amines) is 1. The molecular formula is C27H38N4OS. The standard InChI is InChI=1S/C27H38N4OS/c1-4-33(5-2)20-15-23-25(33)24(28-16-12-19-31-17-10-7-11-18-31)21(3)26(29-23)30-27(32)22-13-8-6-9-14-22/h6,8-9,13-15,20H,4-5,7,10-12,16-19H2,1-3H3,(H2,28,29,30,32). The maximum absolute atomic E-state index is 12.9. The Labute approximate surface area is 200 Å². The Hall–Kier alpha value is -2.31. The largest absolute Gasteiger partial charge is 0.384 e. The molecule has 0 spiro atoms. The van der Waals surface area contributed by atoms with Gasteiger partial charge < -0.3 is 15.5 Å². The van der Waals surface area contributed by atoms with E-state index in [-0.39, 0.29) is 5.91 Å². The zero-order chi connectivity index (χ0) is 23.3. The van der Waals surface area contributed by atoms with Gasteiger partial charge in [0.15, 0.2) is 0 Å². The number of hydrogen-bond donors (Lipinski definition) is 2. The number of nitrogens with zero attached hydrogens (tertiary/aromatic N) is 2. The summed E-state index contributed by atoms with van der Waals surface area (Å²) in [6, 6.07) is 9.36. The molecule has 0 atom stereocenters. The lowest BCUT2D eigenvalue weighted by atomic mass is 10.1. The highest BCUT2D eigenvalue weighted by Gasteiger charge is 2.32. The van der Waals surface area contributed by atoms with Gasteiger partial charge >= 0.3 is 0 Å². The van der Waals surface area contributed by atoms with Crippen LogP contribution in [-0.4, -0.2) is 53.5 Å². The van der Waals surface area contributed by atoms with Gasteiger partial charge in [0.2, 0.25) is 0 Å². The molecule has 0 bridgehead atoms. The maximum atomic E-state index is 12.9. The number of benzene rings is 1. The Balaban J connectivity index is 1.58. The van der Waals surface area contributed by atoms with Gasteiger partial charge in [-0.1, -0.05) is 38.5 Å².